The van der Waals surface area contributed by atoms with Crippen LogP contribution < -0.4 is 4.74 Å². The first-order valence-electron chi connectivity index (χ1n) is 7.85. The van der Waals surface area contributed by atoms with Crippen molar-refractivity contribution in [1.29, 1.82) is 0 Å². The zero-order valence-corrected chi connectivity index (χ0v) is 14.6. The largest absolute Gasteiger partial charge is 0.507 e. The van der Waals surface area contributed by atoms with Gasteiger partial charge in [-0.25, -0.2) is 9.59 Å². The highest BCUT2D eigenvalue weighted by atomic mass is 24.3. The zero-order valence-electron chi connectivity index (χ0n) is 14.6. The van der Waals surface area contributed by atoms with E-state index in [1.807, 2.05) is 21.1 Å². The Balaban J connectivity index is 0.00000338. The minimum atomic E-state index is -0.746. The molecule has 2 aromatic carbocycles. The van der Waals surface area contributed by atoms with Crippen LogP contribution in [0.25, 0.3) is 0 Å². The molecule has 26 heavy (non-hydrogen) atoms. The van der Waals surface area contributed by atoms with Crippen LogP contribution in [0.5, 0.6) is 11.5 Å². The van der Waals surface area contributed by atoms with Crippen LogP contribution in [0.4, 0.5) is 0 Å². The highest BCUT2D eigenvalue weighted by molar-refractivity contribution is 5.97. The second kappa shape index (κ2) is 9.56. The molecule has 0 aromatic heterocycles. The van der Waals surface area contributed by atoms with Crippen LogP contribution in [0.2, 0.25) is 0 Å². The van der Waals surface area contributed by atoms with Gasteiger partial charge in [0.1, 0.15) is 35.8 Å². The number of hydrogen-bond donors (Lipinski definition) is 1. The maximum absolute atomic E-state index is 12.3. The number of ether oxygens (including phenoxy) is 2. The van der Waals surface area contributed by atoms with Crippen LogP contribution in [-0.2, 0) is 4.74 Å². The summed E-state index contributed by atoms with van der Waals surface area (Å²) in [4.78, 5) is 24.5. The van der Waals surface area contributed by atoms with Crippen molar-refractivity contribution in [3.8, 4) is 11.5 Å². The number of para-hydroxylation sites is 2. The highest BCUT2D eigenvalue weighted by Crippen LogP contribution is 2.23. The first kappa shape index (κ1) is 21.9. The lowest BCUT2D eigenvalue weighted by Gasteiger charge is -2.23. The second-order valence-corrected chi connectivity index (χ2v) is 6.55. The zero-order chi connectivity index (χ0) is 18.4. The van der Waals surface area contributed by atoms with E-state index in [1.54, 1.807) is 24.3 Å². The summed E-state index contributed by atoms with van der Waals surface area (Å²) < 4.78 is 11.2. The Hall–Kier alpha value is -2.09. The summed E-state index contributed by atoms with van der Waals surface area (Å²) in [6.07, 6.45) is 0. The average Bonchev–Trinajstić information content (AvgIpc) is 2.54. The number of esters is 2. The predicted molar refractivity (Wildman–Crippen MR) is 101 cm³/mol. The van der Waals surface area contributed by atoms with Gasteiger partial charge in [0.05, 0.1) is 21.1 Å². The van der Waals surface area contributed by atoms with Crippen LogP contribution in [0, 0.1) is 0 Å². The monoisotopic (exact) mass is 370 g/mol. The van der Waals surface area contributed by atoms with Crippen LogP contribution in [-0.4, -0.2) is 78.9 Å². The quantitative estimate of drug-likeness (QED) is 0.361. The number of aromatic hydroxyl groups is 1. The van der Waals surface area contributed by atoms with E-state index >= 15 is 0 Å². The third-order valence-corrected chi connectivity index (χ3v) is 3.43. The van der Waals surface area contributed by atoms with Crippen molar-refractivity contribution in [2.45, 2.75) is 0 Å². The molecule has 2 rings (SSSR count). The van der Waals surface area contributed by atoms with Crippen LogP contribution >= 0.6 is 0 Å². The molecule has 0 radical (unpaired) electrons. The molecule has 2 aromatic rings. The Kier molecular flexibility index (Phi) is 8.07. The fourth-order valence-electron chi connectivity index (χ4n) is 2.02. The fourth-order valence-corrected chi connectivity index (χ4v) is 2.02. The van der Waals surface area contributed by atoms with Gasteiger partial charge in [-0.2, -0.15) is 0 Å². The van der Waals surface area contributed by atoms with Gasteiger partial charge in [0.15, 0.2) is 0 Å². The first-order chi connectivity index (χ1) is 11.8. The lowest BCUT2D eigenvalue weighted by atomic mass is 10.2. The molecule has 0 bridgehead atoms. The molecule has 0 aliphatic heterocycles. The number of nitrogens with zero attached hydrogens (tertiary/aromatic N) is 1. The van der Waals surface area contributed by atoms with Crippen LogP contribution in [0.1, 0.15) is 20.7 Å². The number of carbonyl (C=O) groups is 2. The van der Waals surface area contributed by atoms with E-state index < -0.39 is 11.9 Å². The van der Waals surface area contributed by atoms with Gasteiger partial charge in [0, 0.05) is 0 Å². The SMILES string of the molecule is C[N+](C)(C)CCOC(=O)c1ccccc1OC(=O)c1ccccc1O.[MgH2]. The van der Waals surface area contributed by atoms with Crippen molar-refractivity contribution < 1.29 is 28.7 Å². The molecular weight excluding hydrogens is 347 g/mol. The van der Waals surface area contributed by atoms with Gasteiger partial charge in [0.2, 0.25) is 0 Å². The number of quaternary nitrogens is 1. The van der Waals surface area contributed by atoms with E-state index in [1.165, 1.54) is 24.3 Å². The maximum atomic E-state index is 12.3. The Morgan fingerprint density at radius 2 is 1.50 bits per heavy atom. The van der Waals surface area contributed by atoms with Crippen molar-refractivity contribution in [2.75, 3.05) is 34.3 Å². The molecule has 0 saturated carbocycles. The number of phenols is 1. The molecule has 0 heterocycles. The minimum Gasteiger partial charge on any atom is -0.507 e. The van der Waals surface area contributed by atoms with E-state index in [9.17, 15) is 14.7 Å². The predicted octanol–water partition coefficient (Wildman–Crippen LogP) is 1.56. The molecule has 0 fully saturated rings. The summed E-state index contributed by atoms with van der Waals surface area (Å²) in [6, 6.07) is 12.4. The highest BCUT2D eigenvalue weighted by Gasteiger charge is 2.19. The van der Waals surface area contributed by atoms with E-state index in [-0.39, 0.29) is 52.3 Å². The Bertz CT molecular complexity index is 771. The summed E-state index contributed by atoms with van der Waals surface area (Å²) in [7, 11) is 5.99. The lowest BCUT2D eigenvalue weighted by Crippen LogP contribution is -2.38. The molecule has 0 amide bonds. The number of benzene rings is 2. The van der Waals surface area contributed by atoms with Gasteiger partial charge in [0.25, 0.3) is 0 Å². The molecule has 6 nitrogen and oxygen atoms in total. The van der Waals surface area contributed by atoms with Gasteiger partial charge in [-0.05, 0) is 24.3 Å². The van der Waals surface area contributed by atoms with Crippen LogP contribution in [0.15, 0.2) is 48.5 Å². The molecule has 0 unspecified atom stereocenters. The standard InChI is InChI=1S/C19H21NO5.Mg.2H/c1-20(2,3)12-13-24-18(22)15-9-5-7-11-17(15)25-19(23)14-8-4-6-10-16(14)21;;;/h4-11H,12-13H2,1-3H3;;;/p+1. The average molecular weight is 371 g/mol. The Labute approximate surface area is 169 Å². The molecule has 0 aliphatic carbocycles. The summed E-state index contributed by atoms with van der Waals surface area (Å²) in [5, 5.41) is 9.74. The number of carbonyl (C=O) groups excluding carboxylic acids is 2. The fraction of sp³-hybridized carbons (Fsp3) is 0.263. The van der Waals surface area contributed by atoms with Gasteiger partial charge in [-0.3, -0.25) is 0 Å². The normalized spacial score (nSPS) is 10.6. The third kappa shape index (κ3) is 6.33. The van der Waals surface area contributed by atoms with Crippen molar-refractivity contribution in [1.82, 2.24) is 0 Å². The Morgan fingerprint density at radius 3 is 2.12 bits per heavy atom. The van der Waals surface area contributed by atoms with Gasteiger partial charge < -0.3 is 19.1 Å². The van der Waals surface area contributed by atoms with Gasteiger partial charge in [-0.15, -0.1) is 0 Å². The number of phenolic OH excluding ortho intramolecular Hbond substituents is 1. The van der Waals surface area contributed by atoms with Crippen LogP contribution in [0.3, 0.4) is 0 Å². The number of hydrogen-bond acceptors (Lipinski definition) is 5. The van der Waals surface area contributed by atoms with E-state index in [4.69, 9.17) is 9.47 Å². The molecular formula is C19H24MgNO5+. The molecule has 0 spiro atoms. The number of likely N-dealkylation sites (N-methyl/N-ethyl adjacent to an activating group) is 1. The molecule has 1 N–H and O–H groups in total. The van der Waals surface area contributed by atoms with E-state index in [0.717, 1.165) is 0 Å². The summed E-state index contributed by atoms with van der Waals surface area (Å²) in [5.41, 5.74) is 0.184. The maximum Gasteiger partial charge on any atom is 0.347 e. The molecule has 136 valence electrons. The summed E-state index contributed by atoms with van der Waals surface area (Å²) >= 11 is 0. The minimum absolute atomic E-state index is 0. The molecule has 7 heteroatoms. The van der Waals surface area contributed by atoms with E-state index in [2.05, 4.69) is 0 Å². The number of rotatable bonds is 6. The van der Waals surface area contributed by atoms with Crippen molar-refractivity contribution in [2.24, 2.45) is 0 Å². The van der Waals surface area contributed by atoms with Crippen molar-refractivity contribution >= 4 is 35.0 Å². The van der Waals surface area contributed by atoms with Gasteiger partial charge >= 0.3 is 35.0 Å². The first-order valence-corrected chi connectivity index (χ1v) is 7.85. The molecule has 0 aliphatic rings. The van der Waals surface area contributed by atoms with Crippen molar-refractivity contribution in [3.63, 3.8) is 0 Å². The molecule has 0 saturated heterocycles. The van der Waals surface area contributed by atoms with E-state index in [0.29, 0.717) is 11.0 Å². The summed E-state index contributed by atoms with van der Waals surface area (Å²) in [5.74, 6) is -1.40. The lowest BCUT2D eigenvalue weighted by molar-refractivity contribution is -0.870. The van der Waals surface area contributed by atoms with Gasteiger partial charge in [-0.1, -0.05) is 24.3 Å². The topological polar surface area (TPSA) is 72.8 Å². The molecule has 0 atom stereocenters. The van der Waals surface area contributed by atoms with Crippen molar-refractivity contribution in [3.05, 3.63) is 59.7 Å². The third-order valence-electron chi connectivity index (χ3n) is 3.43. The summed E-state index contributed by atoms with van der Waals surface area (Å²) in [6.45, 7) is 0.912. The smallest absolute Gasteiger partial charge is 0.347 e. The second-order valence-electron chi connectivity index (χ2n) is 6.55. The Morgan fingerprint density at radius 1 is 0.923 bits per heavy atom.